The molecule has 172 valence electrons. The van der Waals surface area contributed by atoms with Gasteiger partial charge in [-0.3, -0.25) is 18.9 Å². The molecule has 1 saturated heterocycles. The zero-order valence-electron chi connectivity index (χ0n) is 19.3. The Kier molecular flexibility index (Phi) is 5.13. The number of thiazole rings is 1. The highest BCUT2D eigenvalue weighted by molar-refractivity contribution is 7.14. The third-order valence-corrected chi connectivity index (χ3v) is 6.86. The monoisotopic (exact) mass is 472 g/mol. The minimum absolute atomic E-state index is 0.0254. The molecule has 3 aromatic heterocycles. The van der Waals surface area contributed by atoms with Gasteiger partial charge in [0.25, 0.3) is 5.78 Å². The number of hydrogen-bond acceptors (Lipinski definition) is 6. The molecule has 0 spiro atoms. The first-order chi connectivity index (χ1) is 16.2. The summed E-state index contributed by atoms with van der Waals surface area (Å²) in [5, 5.41) is 13.7. The van der Waals surface area contributed by atoms with Gasteiger partial charge < -0.3 is 5.11 Å². The van der Waals surface area contributed by atoms with Crippen molar-refractivity contribution in [2.75, 3.05) is 4.90 Å². The van der Waals surface area contributed by atoms with Gasteiger partial charge in [0.1, 0.15) is 11.3 Å². The minimum atomic E-state index is -0.811. The lowest BCUT2D eigenvalue weighted by molar-refractivity contribution is -0.132. The SMILES string of the molecule is Cc1nc2ccccn2c1/C(O)=C1\C(=O)C(=O)N(c2nccs2)C1c1ccc(C(C)(C)C)cc1. The van der Waals surface area contributed by atoms with Crippen molar-refractivity contribution in [3.8, 4) is 0 Å². The molecule has 1 atom stereocenters. The van der Waals surface area contributed by atoms with E-state index in [1.54, 1.807) is 29.1 Å². The predicted molar refractivity (Wildman–Crippen MR) is 132 cm³/mol. The van der Waals surface area contributed by atoms with E-state index < -0.39 is 17.7 Å². The molecule has 1 aliphatic rings. The summed E-state index contributed by atoms with van der Waals surface area (Å²) in [6.07, 6.45) is 3.36. The predicted octanol–water partition coefficient (Wildman–Crippen LogP) is 5.02. The number of aliphatic hydroxyl groups is 1. The van der Waals surface area contributed by atoms with Gasteiger partial charge in [0, 0.05) is 17.8 Å². The summed E-state index contributed by atoms with van der Waals surface area (Å²) in [6, 6.07) is 12.5. The average Bonchev–Trinajstić information content (AvgIpc) is 3.50. The van der Waals surface area contributed by atoms with Crippen LogP contribution >= 0.6 is 11.3 Å². The van der Waals surface area contributed by atoms with Crippen LogP contribution in [0.2, 0.25) is 0 Å². The number of fused-ring (bicyclic) bond motifs is 1. The Morgan fingerprint density at radius 1 is 1.09 bits per heavy atom. The van der Waals surface area contributed by atoms with Crippen LogP contribution in [0.1, 0.15) is 49.3 Å². The minimum Gasteiger partial charge on any atom is -0.505 e. The Balaban J connectivity index is 1.75. The lowest BCUT2D eigenvalue weighted by Crippen LogP contribution is -2.29. The van der Waals surface area contributed by atoms with E-state index in [9.17, 15) is 14.7 Å². The lowest BCUT2D eigenvalue weighted by Gasteiger charge is -2.24. The average molecular weight is 473 g/mol. The smallest absolute Gasteiger partial charge is 0.301 e. The van der Waals surface area contributed by atoms with Gasteiger partial charge in [-0.25, -0.2) is 9.97 Å². The molecule has 1 aromatic carbocycles. The van der Waals surface area contributed by atoms with Crippen LogP contribution in [0.4, 0.5) is 5.13 Å². The molecule has 0 saturated carbocycles. The second kappa shape index (κ2) is 7.92. The number of anilines is 1. The van der Waals surface area contributed by atoms with Gasteiger partial charge >= 0.3 is 5.91 Å². The maximum absolute atomic E-state index is 13.3. The van der Waals surface area contributed by atoms with Gasteiger partial charge in [-0.15, -0.1) is 11.3 Å². The molecule has 1 N–H and O–H groups in total. The number of Topliss-reactive ketones (excluding diaryl/α,β-unsaturated/α-hetero) is 1. The third kappa shape index (κ3) is 3.42. The van der Waals surface area contributed by atoms with Crippen molar-refractivity contribution in [2.45, 2.75) is 39.2 Å². The molecule has 0 radical (unpaired) electrons. The first kappa shape index (κ1) is 22.0. The molecule has 4 aromatic rings. The normalized spacial score (nSPS) is 18.2. The zero-order valence-corrected chi connectivity index (χ0v) is 20.1. The van der Waals surface area contributed by atoms with Crippen LogP contribution in [-0.2, 0) is 15.0 Å². The van der Waals surface area contributed by atoms with Crippen LogP contribution in [-0.4, -0.2) is 31.2 Å². The molecule has 4 heterocycles. The number of benzene rings is 1. The molecule has 1 fully saturated rings. The molecule has 1 amide bonds. The third-order valence-electron chi connectivity index (χ3n) is 6.09. The summed E-state index contributed by atoms with van der Waals surface area (Å²) in [6.45, 7) is 8.14. The molecule has 1 aliphatic heterocycles. The molecule has 5 rings (SSSR count). The van der Waals surface area contributed by atoms with E-state index in [1.165, 1.54) is 16.2 Å². The van der Waals surface area contributed by atoms with E-state index >= 15 is 0 Å². The van der Waals surface area contributed by atoms with E-state index in [0.717, 1.165) is 11.1 Å². The number of imidazole rings is 1. The number of aromatic nitrogens is 3. The van der Waals surface area contributed by atoms with Crippen molar-refractivity contribution in [2.24, 2.45) is 0 Å². The number of rotatable bonds is 3. The van der Waals surface area contributed by atoms with E-state index in [0.29, 0.717) is 22.2 Å². The molecular formula is C26H24N4O3S. The van der Waals surface area contributed by atoms with Crippen LogP contribution in [0.3, 0.4) is 0 Å². The van der Waals surface area contributed by atoms with Crippen molar-refractivity contribution < 1.29 is 14.7 Å². The van der Waals surface area contributed by atoms with E-state index in [-0.39, 0.29) is 16.7 Å². The highest BCUT2D eigenvalue weighted by Gasteiger charge is 2.48. The number of aryl methyl sites for hydroxylation is 1. The van der Waals surface area contributed by atoms with Crippen molar-refractivity contribution in [3.05, 3.63) is 88.3 Å². The number of hydrogen-bond donors (Lipinski definition) is 1. The fourth-order valence-electron chi connectivity index (χ4n) is 4.37. The second-order valence-electron chi connectivity index (χ2n) is 9.33. The lowest BCUT2D eigenvalue weighted by atomic mass is 9.85. The van der Waals surface area contributed by atoms with Crippen LogP contribution in [0.15, 0.2) is 65.8 Å². The van der Waals surface area contributed by atoms with Crippen LogP contribution < -0.4 is 4.90 Å². The summed E-state index contributed by atoms with van der Waals surface area (Å²) in [4.78, 5) is 36.7. The van der Waals surface area contributed by atoms with Gasteiger partial charge in [-0.2, -0.15) is 0 Å². The van der Waals surface area contributed by atoms with Crippen LogP contribution in [0.25, 0.3) is 11.4 Å². The Morgan fingerprint density at radius 2 is 1.82 bits per heavy atom. The maximum Gasteiger partial charge on any atom is 0.301 e. The number of amides is 1. The fourth-order valence-corrected chi connectivity index (χ4v) is 5.04. The Labute approximate surface area is 201 Å². The zero-order chi connectivity index (χ0) is 24.2. The fraction of sp³-hybridized carbons (Fsp3) is 0.231. The van der Waals surface area contributed by atoms with E-state index in [1.807, 2.05) is 42.5 Å². The van der Waals surface area contributed by atoms with E-state index in [4.69, 9.17) is 0 Å². The first-order valence-corrected chi connectivity index (χ1v) is 11.8. The number of ketones is 1. The quantitative estimate of drug-likeness (QED) is 0.257. The van der Waals surface area contributed by atoms with Gasteiger partial charge in [0.15, 0.2) is 10.9 Å². The Hall–Kier alpha value is -3.78. The van der Waals surface area contributed by atoms with Gasteiger partial charge in [-0.1, -0.05) is 51.1 Å². The number of aliphatic hydroxyl groups excluding tert-OH is 1. The Morgan fingerprint density at radius 3 is 2.47 bits per heavy atom. The second-order valence-corrected chi connectivity index (χ2v) is 10.2. The summed E-state index contributed by atoms with van der Waals surface area (Å²) in [5.41, 5.74) is 3.41. The van der Waals surface area contributed by atoms with Gasteiger partial charge in [-0.05, 0) is 35.6 Å². The highest BCUT2D eigenvalue weighted by atomic mass is 32.1. The molecule has 34 heavy (non-hydrogen) atoms. The summed E-state index contributed by atoms with van der Waals surface area (Å²) in [5.74, 6) is -1.71. The summed E-state index contributed by atoms with van der Waals surface area (Å²) >= 11 is 1.27. The molecule has 1 unspecified atom stereocenters. The molecule has 0 bridgehead atoms. The molecule has 0 aliphatic carbocycles. The number of nitrogens with zero attached hydrogens (tertiary/aromatic N) is 4. The maximum atomic E-state index is 13.3. The molecular weight excluding hydrogens is 448 g/mol. The van der Waals surface area contributed by atoms with Gasteiger partial charge in [0.05, 0.1) is 17.3 Å². The van der Waals surface area contributed by atoms with Crippen molar-refractivity contribution in [1.29, 1.82) is 0 Å². The van der Waals surface area contributed by atoms with Crippen LogP contribution in [0, 0.1) is 6.92 Å². The van der Waals surface area contributed by atoms with Gasteiger partial charge in [0.2, 0.25) is 0 Å². The molecule has 8 heteroatoms. The number of pyridine rings is 1. The van der Waals surface area contributed by atoms with Crippen molar-refractivity contribution in [1.82, 2.24) is 14.4 Å². The summed E-state index contributed by atoms with van der Waals surface area (Å²) < 4.78 is 1.72. The number of carbonyl (C=O) groups excluding carboxylic acids is 2. The van der Waals surface area contributed by atoms with Crippen molar-refractivity contribution >= 4 is 39.6 Å². The standard InChI is InChI=1S/C26H24N4O3S/c1-15-20(29-13-6-5-7-18(29)28-15)22(31)19-21(16-8-10-17(11-9-16)26(2,3)4)30(24(33)23(19)32)25-27-12-14-34-25/h5-14,21,31H,1-4H3/b22-19+. The molecule has 7 nitrogen and oxygen atoms in total. The first-order valence-electron chi connectivity index (χ1n) is 10.9. The summed E-state index contributed by atoms with van der Waals surface area (Å²) in [7, 11) is 0. The topological polar surface area (TPSA) is 87.8 Å². The number of carbonyl (C=O) groups is 2. The van der Waals surface area contributed by atoms with Crippen molar-refractivity contribution in [3.63, 3.8) is 0 Å². The highest BCUT2D eigenvalue weighted by Crippen LogP contribution is 2.43. The van der Waals surface area contributed by atoms with E-state index in [2.05, 4.69) is 30.7 Å². The largest absolute Gasteiger partial charge is 0.505 e. The Bertz CT molecular complexity index is 1440. The van der Waals surface area contributed by atoms with Crippen LogP contribution in [0.5, 0.6) is 0 Å².